The number of amides is 1. The molecule has 28 heavy (non-hydrogen) atoms. The highest BCUT2D eigenvalue weighted by atomic mass is 32.1. The number of aromatic hydroxyl groups is 1. The third-order valence-corrected chi connectivity index (χ3v) is 4.24. The monoisotopic (exact) mass is 400 g/mol. The number of nitriles is 1. The van der Waals surface area contributed by atoms with Crippen LogP contribution in [0.4, 0.5) is 5.00 Å². The Morgan fingerprint density at radius 3 is 2.75 bits per heavy atom. The van der Waals surface area contributed by atoms with Crippen molar-refractivity contribution in [1.82, 2.24) is 0 Å². The van der Waals surface area contributed by atoms with Crippen LogP contribution in [0.25, 0.3) is 6.08 Å². The number of carbonyl (C=O) groups excluding carboxylic acids is 2. The minimum atomic E-state index is -0.658. The number of phenolic OH excluding ortho intramolecular Hbond substituents is 1. The fourth-order valence-electron chi connectivity index (χ4n) is 2.22. The largest absolute Gasteiger partial charge is 0.504 e. The summed E-state index contributed by atoms with van der Waals surface area (Å²) in [5.41, 5.74) is 0.580. The molecule has 0 bridgehead atoms. The van der Waals surface area contributed by atoms with Crippen LogP contribution in [0.5, 0.6) is 11.5 Å². The highest BCUT2D eigenvalue weighted by molar-refractivity contribution is 7.14. The van der Waals surface area contributed by atoms with E-state index in [9.17, 15) is 20.0 Å². The molecule has 1 heterocycles. The van der Waals surface area contributed by atoms with Crippen molar-refractivity contribution in [2.24, 2.45) is 0 Å². The van der Waals surface area contributed by atoms with E-state index in [1.807, 2.05) is 6.07 Å². The number of esters is 1. The molecule has 0 aliphatic rings. The van der Waals surface area contributed by atoms with E-state index in [0.717, 1.165) is 11.3 Å². The molecule has 0 spiro atoms. The quantitative estimate of drug-likeness (QED) is 0.414. The molecule has 1 amide bonds. The fourth-order valence-corrected chi connectivity index (χ4v) is 2.99. The molecule has 0 unspecified atom stereocenters. The molecule has 0 saturated heterocycles. The van der Waals surface area contributed by atoms with Gasteiger partial charge in [0.1, 0.15) is 16.6 Å². The van der Waals surface area contributed by atoms with E-state index in [1.165, 1.54) is 18.2 Å². The predicted molar refractivity (Wildman–Crippen MR) is 106 cm³/mol. The third kappa shape index (κ3) is 5.34. The van der Waals surface area contributed by atoms with Crippen LogP contribution < -0.4 is 10.1 Å². The van der Waals surface area contributed by atoms with Crippen molar-refractivity contribution in [3.05, 3.63) is 46.3 Å². The van der Waals surface area contributed by atoms with E-state index in [2.05, 4.69) is 5.32 Å². The van der Waals surface area contributed by atoms with Crippen molar-refractivity contribution in [2.45, 2.75) is 26.9 Å². The molecule has 0 aliphatic heterocycles. The Morgan fingerprint density at radius 2 is 2.11 bits per heavy atom. The maximum atomic E-state index is 12.5. The van der Waals surface area contributed by atoms with E-state index in [1.54, 1.807) is 38.3 Å². The van der Waals surface area contributed by atoms with Gasteiger partial charge in [0.15, 0.2) is 11.5 Å². The highest BCUT2D eigenvalue weighted by Crippen LogP contribution is 2.28. The fraction of sp³-hybridized carbons (Fsp3) is 0.250. The van der Waals surface area contributed by atoms with Crippen molar-refractivity contribution >= 4 is 34.3 Å². The number of rotatable bonds is 7. The third-order valence-electron chi connectivity index (χ3n) is 3.41. The molecule has 1 aromatic carbocycles. The van der Waals surface area contributed by atoms with E-state index >= 15 is 0 Å². The summed E-state index contributed by atoms with van der Waals surface area (Å²) in [6.45, 7) is 5.60. The molecule has 146 valence electrons. The Labute approximate surface area is 166 Å². The summed E-state index contributed by atoms with van der Waals surface area (Å²) >= 11 is 1.16. The number of phenols is 1. The number of nitrogens with one attached hydrogen (secondary N) is 1. The summed E-state index contributed by atoms with van der Waals surface area (Å²) in [4.78, 5) is 24.6. The summed E-state index contributed by atoms with van der Waals surface area (Å²) in [5.74, 6) is -0.983. The zero-order valence-electron chi connectivity index (χ0n) is 15.7. The predicted octanol–water partition coefficient (Wildman–Crippen LogP) is 3.96. The van der Waals surface area contributed by atoms with Crippen molar-refractivity contribution in [2.75, 3.05) is 11.9 Å². The van der Waals surface area contributed by atoms with Crippen molar-refractivity contribution in [3.63, 3.8) is 0 Å². The summed E-state index contributed by atoms with van der Waals surface area (Å²) in [6.07, 6.45) is 1.08. The molecule has 7 nitrogen and oxygen atoms in total. The van der Waals surface area contributed by atoms with Gasteiger partial charge in [0.25, 0.3) is 5.91 Å². The number of carbonyl (C=O) groups is 2. The second-order valence-corrected chi connectivity index (χ2v) is 6.82. The van der Waals surface area contributed by atoms with Gasteiger partial charge in [0.05, 0.1) is 18.3 Å². The minimum absolute atomic E-state index is 0.0335. The van der Waals surface area contributed by atoms with Gasteiger partial charge in [-0.2, -0.15) is 5.26 Å². The molecule has 0 saturated carbocycles. The van der Waals surface area contributed by atoms with Crippen molar-refractivity contribution < 1.29 is 24.2 Å². The Hall–Kier alpha value is -3.31. The van der Waals surface area contributed by atoms with Gasteiger partial charge in [-0.15, -0.1) is 11.3 Å². The second kappa shape index (κ2) is 9.58. The number of benzene rings is 1. The molecule has 2 N–H and O–H groups in total. The van der Waals surface area contributed by atoms with Crippen LogP contribution in [0, 0.1) is 11.3 Å². The summed E-state index contributed by atoms with van der Waals surface area (Å²) < 4.78 is 10.4. The highest BCUT2D eigenvalue weighted by Gasteiger charge is 2.19. The van der Waals surface area contributed by atoms with Crippen LogP contribution in [-0.4, -0.2) is 29.7 Å². The average Bonchev–Trinajstić information content (AvgIpc) is 3.10. The van der Waals surface area contributed by atoms with Gasteiger partial charge >= 0.3 is 5.97 Å². The number of hydrogen-bond acceptors (Lipinski definition) is 7. The Balaban J connectivity index is 2.23. The number of anilines is 1. The van der Waals surface area contributed by atoms with Crippen molar-refractivity contribution in [1.29, 1.82) is 5.26 Å². The van der Waals surface area contributed by atoms with Crippen molar-refractivity contribution in [3.8, 4) is 17.6 Å². The number of hydrogen-bond donors (Lipinski definition) is 2. The maximum absolute atomic E-state index is 12.5. The lowest BCUT2D eigenvalue weighted by atomic mass is 10.1. The number of nitrogens with zero attached hydrogens (tertiary/aromatic N) is 1. The zero-order valence-corrected chi connectivity index (χ0v) is 16.5. The van der Waals surface area contributed by atoms with Gasteiger partial charge in [0, 0.05) is 0 Å². The molecule has 1 aromatic heterocycles. The molecular formula is C20H20N2O5S. The molecule has 2 rings (SSSR count). The van der Waals surface area contributed by atoms with Crippen LogP contribution in [0.15, 0.2) is 35.2 Å². The van der Waals surface area contributed by atoms with E-state index in [-0.39, 0.29) is 28.7 Å². The van der Waals surface area contributed by atoms with Gasteiger partial charge in [-0.1, -0.05) is 6.07 Å². The number of ether oxygens (including phenoxy) is 2. The molecule has 0 aliphatic carbocycles. The standard InChI is InChI=1S/C20H20N2O5S/c1-4-26-17-10-13(5-6-16(17)23)9-14(11-21)18(24)22-19-15(7-8-28-19)20(25)27-12(2)3/h5-10,12,23H,4H2,1-3H3,(H,22,24). The van der Waals surface area contributed by atoms with Gasteiger partial charge in [-0.3, -0.25) is 4.79 Å². The topological polar surface area (TPSA) is 109 Å². The molecule has 0 fully saturated rings. The van der Waals surface area contributed by atoms with Crippen LogP contribution in [0.3, 0.4) is 0 Å². The van der Waals surface area contributed by atoms with Gasteiger partial charge in [-0.05, 0) is 56.0 Å². The first-order chi connectivity index (χ1) is 13.3. The molecule has 8 heteroatoms. The van der Waals surface area contributed by atoms with Crippen LogP contribution in [-0.2, 0) is 9.53 Å². The van der Waals surface area contributed by atoms with Gasteiger partial charge < -0.3 is 19.9 Å². The van der Waals surface area contributed by atoms with E-state index < -0.39 is 11.9 Å². The Morgan fingerprint density at radius 1 is 1.36 bits per heavy atom. The lowest BCUT2D eigenvalue weighted by Gasteiger charge is -2.09. The molecule has 0 atom stereocenters. The van der Waals surface area contributed by atoms with Crippen LogP contribution in [0.1, 0.15) is 36.7 Å². The molecular weight excluding hydrogens is 380 g/mol. The molecule has 0 radical (unpaired) electrons. The minimum Gasteiger partial charge on any atom is -0.504 e. The summed E-state index contributed by atoms with van der Waals surface area (Å²) in [5, 5.41) is 23.6. The lowest BCUT2D eigenvalue weighted by molar-refractivity contribution is -0.112. The summed E-state index contributed by atoms with van der Waals surface area (Å²) in [7, 11) is 0. The zero-order chi connectivity index (χ0) is 20.7. The van der Waals surface area contributed by atoms with Gasteiger partial charge in [-0.25, -0.2) is 4.79 Å². The normalized spacial score (nSPS) is 11.0. The van der Waals surface area contributed by atoms with E-state index in [4.69, 9.17) is 9.47 Å². The van der Waals surface area contributed by atoms with Crippen LogP contribution >= 0.6 is 11.3 Å². The van der Waals surface area contributed by atoms with Crippen LogP contribution in [0.2, 0.25) is 0 Å². The SMILES string of the molecule is CCOc1cc(C=C(C#N)C(=O)Nc2sccc2C(=O)OC(C)C)ccc1O. The first-order valence-electron chi connectivity index (χ1n) is 8.53. The lowest BCUT2D eigenvalue weighted by Crippen LogP contribution is -2.17. The maximum Gasteiger partial charge on any atom is 0.341 e. The second-order valence-electron chi connectivity index (χ2n) is 5.90. The smallest absolute Gasteiger partial charge is 0.341 e. The summed E-state index contributed by atoms with van der Waals surface area (Å²) in [6, 6.07) is 7.90. The average molecular weight is 400 g/mol. The van der Waals surface area contributed by atoms with Gasteiger partial charge in [0.2, 0.25) is 0 Å². The molecule has 2 aromatic rings. The Bertz CT molecular complexity index is 940. The van der Waals surface area contributed by atoms with E-state index in [0.29, 0.717) is 17.2 Å². The first kappa shape index (κ1) is 21.0. The Kier molecular flexibility index (Phi) is 7.18. The number of thiophene rings is 1. The first-order valence-corrected chi connectivity index (χ1v) is 9.41.